The largest absolute Gasteiger partial charge is 0.344 e. The standard InChI is InChI=1S/C12H19N3O3.2C2H6/c1-7-2-3-8(6-13-7)11(17)14-9-4-5-10(16)15-12(9)18;2*1-2/h7-9,13H,2-6H2,1H3,(H,14,17)(H,15,16,18);2*1-2H3. The fourth-order valence-electron chi connectivity index (χ4n) is 2.34. The van der Waals surface area contributed by atoms with Gasteiger partial charge in [0.1, 0.15) is 6.04 Å². The Morgan fingerprint density at radius 3 is 2.23 bits per heavy atom. The third kappa shape index (κ3) is 6.56. The van der Waals surface area contributed by atoms with Gasteiger partial charge in [-0.25, -0.2) is 0 Å². The number of imide groups is 1. The Labute approximate surface area is 133 Å². The maximum atomic E-state index is 12.0. The van der Waals surface area contributed by atoms with E-state index in [1.807, 2.05) is 27.7 Å². The number of carbonyl (C=O) groups excluding carboxylic acids is 3. The van der Waals surface area contributed by atoms with Crippen LogP contribution in [-0.4, -0.2) is 36.3 Å². The molecule has 3 amide bonds. The van der Waals surface area contributed by atoms with E-state index in [1.54, 1.807) is 0 Å². The van der Waals surface area contributed by atoms with Crippen LogP contribution in [0.5, 0.6) is 0 Å². The highest BCUT2D eigenvalue weighted by atomic mass is 16.2. The van der Waals surface area contributed by atoms with Crippen molar-refractivity contribution >= 4 is 17.7 Å². The summed E-state index contributed by atoms with van der Waals surface area (Å²) in [4.78, 5) is 34.5. The van der Waals surface area contributed by atoms with Crippen LogP contribution in [0.2, 0.25) is 0 Å². The molecule has 0 aliphatic carbocycles. The van der Waals surface area contributed by atoms with Crippen LogP contribution < -0.4 is 16.0 Å². The number of amides is 3. The van der Waals surface area contributed by atoms with E-state index in [9.17, 15) is 14.4 Å². The van der Waals surface area contributed by atoms with Gasteiger partial charge in [0, 0.05) is 19.0 Å². The van der Waals surface area contributed by atoms with Gasteiger partial charge in [0.2, 0.25) is 17.7 Å². The van der Waals surface area contributed by atoms with Crippen LogP contribution in [0.15, 0.2) is 0 Å². The first-order valence-corrected chi connectivity index (χ1v) is 8.43. The molecule has 0 radical (unpaired) electrons. The lowest BCUT2D eigenvalue weighted by molar-refractivity contribution is -0.138. The molecule has 2 aliphatic rings. The fraction of sp³-hybridized carbons (Fsp3) is 0.812. The van der Waals surface area contributed by atoms with E-state index in [2.05, 4.69) is 22.9 Å². The van der Waals surface area contributed by atoms with Crippen LogP contribution in [0.3, 0.4) is 0 Å². The van der Waals surface area contributed by atoms with Crippen LogP contribution in [0.4, 0.5) is 0 Å². The number of hydrogen-bond acceptors (Lipinski definition) is 4. The molecule has 128 valence electrons. The average molecular weight is 313 g/mol. The van der Waals surface area contributed by atoms with Gasteiger partial charge in [0.15, 0.2) is 0 Å². The lowest BCUT2D eigenvalue weighted by Crippen LogP contribution is -2.54. The van der Waals surface area contributed by atoms with Crippen molar-refractivity contribution in [3.63, 3.8) is 0 Å². The minimum absolute atomic E-state index is 0.0772. The molecule has 3 unspecified atom stereocenters. The highest BCUT2D eigenvalue weighted by Gasteiger charge is 2.31. The van der Waals surface area contributed by atoms with Gasteiger partial charge in [-0.3, -0.25) is 19.7 Å². The van der Waals surface area contributed by atoms with Crippen molar-refractivity contribution in [2.24, 2.45) is 5.92 Å². The molecule has 0 bridgehead atoms. The molecule has 3 N–H and O–H groups in total. The zero-order chi connectivity index (χ0) is 17.1. The number of carbonyl (C=O) groups is 3. The van der Waals surface area contributed by atoms with E-state index >= 15 is 0 Å². The zero-order valence-corrected chi connectivity index (χ0v) is 14.5. The molecule has 0 aromatic carbocycles. The molecule has 6 nitrogen and oxygen atoms in total. The van der Waals surface area contributed by atoms with Crippen LogP contribution in [0.25, 0.3) is 0 Å². The first kappa shape index (κ1) is 20.6. The molecule has 22 heavy (non-hydrogen) atoms. The second-order valence-electron chi connectivity index (χ2n) is 5.10. The van der Waals surface area contributed by atoms with E-state index in [-0.39, 0.29) is 24.2 Å². The summed E-state index contributed by atoms with van der Waals surface area (Å²) in [5.74, 6) is -0.828. The molecule has 0 aromatic rings. The average Bonchev–Trinajstić information content (AvgIpc) is 2.54. The van der Waals surface area contributed by atoms with Crippen molar-refractivity contribution in [3.05, 3.63) is 0 Å². The maximum absolute atomic E-state index is 12.0. The predicted octanol–water partition coefficient (Wildman–Crippen LogP) is 1.35. The summed E-state index contributed by atoms with van der Waals surface area (Å²) in [6.45, 7) is 10.7. The van der Waals surface area contributed by atoms with E-state index in [1.165, 1.54) is 0 Å². The summed E-state index contributed by atoms with van der Waals surface area (Å²) >= 11 is 0. The predicted molar refractivity (Wildman–Crippen MR) is 87.2 cm³/mol. The molecular weight excluding hydrogens is 282 g/mol. The summed E-state index contributed by atoms with van der Waals surface area (Å²) in [6, 6.07) is -0.112. The monoisotopic (exact) mass is 313 g/mol. The number of nitrogens with one attached hydrogen (secondary N) is 3. The number of hydrogen-bond donors (Lipinski definition) is 3. The Bertz CT molecular complexity index is 364. The Balaban J connectivity index is 0.00000102. The normalized spacial score (nSPS) is 27.4. The van der Waals surface area contributed by atoms with Crippen molar-refractivity contribution in [2.75, 3.05) is 6.54 Å². The summed E-state index contributed by atoms with van der Waals surface area (Å²) < 4.78 is 0. The Morgan fingerprint density at radius 1 is 1.09 bits per heavy atom. The topological polar surface area (TPSA) is 87.3 Å². The highest BCUT2D eigenvalue weighted by Crippen LogP contribution is 2.15. The fourth-order valence-corrected chi connectivity index (χ4v) is 2.34. The molecular formula is C16H31N3O3. The van der Waals surface area contributed by atoms with Gasteiger partial charge in [0.25, 0.3) is 0 Å². The Morgan fingerprint density at radius 2 is 1.73 bits per heavy atom. The minimum atomic E-state index is -0.561. The molecule has 2 aliphatic heterocycles. The van der Waals surface area contributed by atoms with E-state index < -0.39 is 11.9 Å². The molecule has 0 saturated carbocycles. The molecule has 2 rings (SSSR count). The van der Waals surface area contributed by atoms with Crippen molar-refractivity contribution < 1.29 is 14.4 Å². The summed E-state index contributed by atoms with van der Waals surface area (Å²) in [5.41, 5.74) is 0. The zero-order valence-electron chi connectivity index (χ0n) is 14.5. The molecule has 6 heteroatoms. The van der Waals surface area contributed by atoms with Crippen molar-refractivity contribution in [2.45, 2.75) is 72.4 Å². The molecule has 2 heterocycles. The van der Waals surface area contributed by atoms with Crippen molar-refractivity contribution in [1.82, 2.24) is 16.0 Å². The first-order chi connectivity index (χ1) is 10.6. The van der Waals surface area contributed by atoms with Crippen LogP contribution in [0.1, 0.15) is 60.3 Å². The molecule has 3 atom stereocenters. The van der Waals surface area contributed by atoms with Crippen molar-refractivity contribution in [1.29, 1.82) is 0 Å². The van der Waals surface area contributed by atoms with Gasteiger partial charge in [-0.2, -0.15) is 0 Å². The van der Waals surface area contributed by atoms with Gasteiger partial charge in [-0.1, -0.05) is 27.7 Å². The highest BCUT2D eigenvalue weighted by molar-refractivity contribution is 6.01. The second-order valence-corrected chi connectivity index (χ2v) is 5.10. The van der Waals surface area contributed by atoms with Crippen LogP contribution in [0, 0.1) is 5.92 Å². The smallest absolute Gasteiger partial charge is 0.249 e. The SMILES string of the molecule is CC.CC.CC1CCC(C(=O)NC2CCC(=O)NC2=O)CN1. The minimum Gasteiger partial charge on any atom is -0.344 e. The van der Waals surface area contributed by atoms with Gasteiger partial charge in [-0.05, 0) is 26.2 Å². The quantitative estimate of drug-likeness (QED) is 0.672. The van der Waals surface area contributed by atoms with Crippen LogP contribution in [-0.2, 0) is 14.4 Å². The van der Waals surface area contributed by atoms with Gasteiger partial charge < -0.3 is 10.6 Å². The number of rotatable bonds is 2. The van der Waals surface area contributed by atoms with Crippen molar-refractivity contribution in [3.8, 4) is 0 Å². The van der Waals surface area contributed by atoms with Gasteiger partial charge in [0.05, 0.1) is 5.92 Å². The van der Waals surface area contributed by atoms with E-state index in [4.69, 9.17) is 0 Å². The van der Waals surface area contributed by atoms with E-state index in [0.717, 1.165) is 12.8 Å². The second kappa shape index (κ2) is 11.2. The Kier molecular flexibility index (Phi) is 10.5. The molecule has 2 saturated heterocycles. The van der Waals surface area contributed by atoms with Crippen LogP contribution >= 0.6 is 0 Å². The lowest BCUT2D eigenvalue weighted by Gasteiger charge is -2.29. The van der Waals surface area contributed by atoms with Gasteiger partial charge >= 0.3 is 0 Å². The summed E-state index contributed by atoms with van der Waals surface area (Å²) in [6.07, 6.45) is 2.49. The van der Waals surface area contributed by atoms with E-state index in [0.29, 0.717) is 19.0 Å². The molecule has 0 spiro atoms. The third-order valence-electron chi connectivity index (χ3n) is 3.59. The van der Waals surface area contributed by atoms with Gasteiger partial charge in [-0.15, -0.1) is 0 Å². The maximum Gasteiger partial charge on any atom is 0.249 e. The molecule has 2 fully saturated rings. The number of piperidine rings is 2. The lowest BCUT2D eigenvalue weighted by atomic mass is 9.94. The third-order valence-corrected chi connectivity index (χ3v) is 3.59. The summed E-state index contributed by atoms with van der Waals surface area (Å²) in [7, 11) is 0. The first-order valence-electron chi connectivity index (χ1n) is 8.43. The summed E-state index contributed by atoms with van der Waals surface area (Å²) in [5, 5.41) is 8.22. The Hall–Kier alpha value is -1.43. The molecule has 0 aromatic heterocycles.